The number of hydrogen-bond acceptors (Lipinski definition) is 10. The van der Waals surface area contributed by atoms with Gasteiger partial charge < -0.3 is 44.8 Å². The van der Waals surface area contributed by atoms with Crippen molar-refractivity contribution in [2.75, 3.05) is 13.7 Å². The van der Waals surface area contributed by atoms with Crippen LogP contribution in [0.25, 0.3) is 10.8 Å². The summed E-state index contributed by atoms with van der Waals surface area (Å²) in [6.07, 6.45) is -6.83. The number of aliphatic hydroxyl groups excluding tert-OH is 4. The quantitative estimate of drug-likeness (QED) is 0.251. The number of phenolic OH excluding ortho intramolecular Hbond substituents is 2. The van der Waals surface area contributed by atoms with E-state index in [-0.39, 0.29) is 35.5 Å². The number of carbonyl (C=O) groups excluding carboxylic acids is 1. The van der Waals surface area contributed by atoms with Crippen molar-refractivity contribution in [2.45, 2.75) is 63.0 Å². The van der Waals surface area contributed by atoms with Crippen molar-refractivity contribution < 1.29 is 49.6 Å². The summed E-state index contributed by atoms with van der Waals surface area (Å²) < 4.78 is 16.0. The maximum atomic E-state index is 12.4. The molecule has 10 heteroatoms. The van der Waals surface area contributed by atoms with Crippen LogP contribution in [0.5, 0.6) is 11.5 Å². The zero-order valence-electron chi connectivity index (χ0n) is 18.6. The molecule has 1 fully saturated rings. The molecule has 0 saturated carbocycles. The number of carbonyl (C=O) groups is 1. The van der Waals surface area contributed by atoms with Gasteiger partial charge in [0.05, 0.1) is 19.3 Å². The molecule has 182 valence electrons. The van der Waals surface area contributed by atoms with Gasteiger partial charge in [-0.3, -0.25) is 0 Å². The zero-order valence-corrected chi connectivity index (χ0v) is 18.6. The molecule has 3 rings (SSSR count). The van der Waals surface area contributed by atoms with Crippen LogP contribution in [0.1, 0.15) is 36.2 Å². The van der Waals surface area contributed by atoms with Crippen molar-refractivity contribution in [3.8, 4) is 11.5 Å². The fraction of sp³-hybridized carbons (Fsp3) is 0.522. The van der Waals surface area contributed by atoms with Crippen LogP contribution >= 0.6 is 0 Å². The fourth-order valence-corrected chi connectivity index (χ4v) is 3.98. The minimum absolute atomic E-state index is 0.0824. The smallest absolute Gasteiger partial charge is 0.342 e. The summed E-state index contributed by atoms with van der Waals surface area (Å²) in [6.45, 7) is 2.76. The summed E-state index contributed by atoms with van der Waals surface area (Å²) in [6, 6.07) is 6.55. The first-order valence-corrected chi connectivity index (χ1v) is 10.5. The molecule has 1 aliphatic rings. The van der Waals surface area contributed by atoms with Gasteiger partial charge in [-0.25, -0.2) is 4.79 Å². The number of aliphatic hydroxyl groups is 4. The third-order valence-corrected chi connectivity index (χ3v) is 5.91. The van der Waals surface area contributed by atoms with Crippen molar-refractivity contribution in [3.05, 3.63) is 35.4 Å². The molecule has 2 aromatic rings. The van der Waals surface area contributed by atoms with E-state index >= 15 is 0 Å². The first-order valence-electron chi connectivity index (χ1n) is 10.5. The van der Waals surface area contributed by atoms with E-state index in [1.807, 2.05) is 0 Å². The van der Waals surface area contributed by atoms with Gasteiger partial charge in [-0.05, 0) is 26.7 Å². The Hall–Kier alpha value is -2.47. The molecule has 10 nitrogen and oxygen atoms in total. The minimum Gasteiger partial charge on any atom is -0.507 e. The lowest BCUT2D eigenvalue weighted by molar-refractivity contribution is -0.323. The van der Waals surface area contributed by atoms with Crippen molar-refractivity contribution in [1.29, 1.82) is 0 Å². The van der Waals surface area contributed by atoms with Gasteiger partial charge in [-0.2, -0.15) is 0 Å². The first-order chi connectivity index (χ1) is 15.5. The lowest BCUT2D eigenvalue weighted by atomic mass is 9.91. The molecular formula is C23H30O10. The number of phenols is 2. The van der Waals surface area contributed by atoms with E-state index in [0.29, 0.717) is 10.8 Å². The standard InChI is InChI=1S/C23H30O10/c1-23(2,33-22-20(29)19(28)18(27)14(10-24)32-22)9-8-13-15(21(30)31-3)17(26)12-7-5-4-6-11(12)16(13)25/h4-7,14,18-20,22,24-29H,8-10H2,1-3H3/t14-,18+,19+,20-,22-/m0/s1. The van der Waals surface area contributed by atoms with Gasteiger partial charge in [-0.1, -0.05) is 24.3 Å². The summed E-state index contributed by atoms with van der Waals surface area (Å²) >= 11 is 0. The molecule has 5 atom stereocenters. The van der Waals surface area contributed by atoms with Gasteiger partial charge in [0.25, 0.3) is 0 Å². The number of hydrogen-bond donors (Lipinski definition) is 6. The van der Waals surface area contributed by atoms with Gasteiger partial charge in [0, 0.05) is 16.3 Å². The highest BCUT2D eigenvalue weighted by Gasteiger charge is 2.45. The second-order valence-electron chi connectivity index (χ2n) is 8.66. The van der Waals surface area contributed by atoms with Crippen LogP contribution in [-0.2, 0) is 20.6 Å². The second kappa shape index (κ2) is 9.80. The molecule has 6 N–H and O–H groups in total. The average Bonchev–Trinajstić information content (AvgIpc) is 2.80. The zero-order chi connectivity index (χ0) is 24.5. The minimum atomic E-state index is -1.58. The number of esters is 1. The Morgan fingerprint density at radius 3 is 2.21 bits per heavy atom. The Morgan fingerprint density at radius 1 is 1.03 bits per heavy atom. The summed E-state index contributed by atoms with van der Waals surface area (Å²) in [4.78, 5) is 12.4. The van der Waals surface area contributed by atoms with E-state index in [4.69, 9.17) is 14.2 Å². The van der Waals surface area contributed by atoms with Crippen molar-refractivity contribution in [1.82, 2.24) is 0 Å². The molecule has 1 heterocycles. The first kappa shape index (κ1) is 25.2. The average molecular weight is 466 g/mol. The topological polar surface area (TPSA) is 166 Å². The number of benzene rings is 2. The molecule has 1 saturated heterocycles. The third kappa shape index (κ3) is 4.91. The van der Waals surface area contributed by atoms with Crippen molar-refractivity contribution in [2.24, 2.45) is 0 Å². The highest BCUT2D eigenvalue weighted by Crippen LogP contribution is 2.41. The molecule has 1 aliphatic heterocycles. The van der Waals surface area contributed by atoms with Crippen molar-refractivity contribution in [3.63, 3.8) is 0 Å². The summed E-state index contributed by atoms with van der Waals surface area (Å²) in [5.74, 6) is -1.29. The van der Waals surface area contributed by atoms with E-state index in [1.165, 1.54) is 7.11 Å². The summed E-state index contributed by atoms with van der Waals surface area (Å²) in [5.41, 5.74) is -1.00. The predicted molar refractivity (Wildman–Crippen MR) is 116 cm³/mol. The Bertz CT molecular complexity index is 1000. The van der Waals surface area contributed by atoms with E-state index in [2.05, 4.69) is 0 Å². The Morgan fingerprint density at radius 2 is 1.64 bits per heavy atom. The molecule has 0 aromatic heterocycles. The number of rotatable bonds is 7. The third-order valence-electron chi connectivity index (χ3n) is 5.91. The van der Waals surface area contributed by atoms with Crippen LogP contribution in [0.4, 0.5) is 0 Å². The number of ether oxygens (including phenoxy) is 3. The Labute approximate surface area is 190 Å². The Balaban J connectivity index is 1.87. The van der Waals surface area contributed by atoms with E-state index in [9.17, 15) is 35.4 Å². The van der Waals surface area contributed by atoms with Crippen molar-refractivity contribution >= 4 is 16.7 Å². The van der Waals surface area contributed by atoms with Crippen LogP contribution in [-0.4, -0.2) is 86.6 Å². The SMILES string of the molecule is COC(=O)c1c(CCC(C)(C)O[C@@H]2O[C@@H](CO)[C@@H](O)[C@@H](O)[C@@H]2O)c(O)c2ccccc2c1O. The maximum Gasteiger partial charge on any atom is 0.342 e. The molecule has 33 heavy (non-hydrogen) atoms. The number of fused-ring (bicyclic) bond motifs is 1. The number of aromatic hydroxyl groups is 2. The van der Waals surface area contributed by atoms with E-state index in [0.717, 1.165) is 0 Å². The molecule has 2 aromatic carbocycles. The van der Waals surface area contributed by atoms with Crippen LogP contribution in [0, 0.1) is 0 Å². The molecule has 0 aliphatic carbocycles. The lowest BCUT2D eigenvalue weighted by Gasteiger charge is -2.42. The Kier molecular flexibility index (Phi) is 7.47. The van der Waals surface area contributed by atoms with E-state index in [1.54, 1.807) is 38.1 Å². The van der Waals surface area contributed by atoms with Crippen LogP contribution in [0.3, 0.4) is 0 Å². The molecule has 0 spiro atoms. The monoisotopic (exact) mass is 466 g/mol. The second-order valence-corrected chi connectivity index (χ2v) is 8.66. The van der Waals surface area contributed by atoms with Gasteiger partial charge in [0.1, 0.15) is 41.5 Å². The molecule has 0 bridgehead atoms. The highest BCUT2D eigenvalue weighted by atomic mass is 16.7. The summed E-state index contributed by atoms with van der Waals surface area (Å²) in [7, 11) is 1.17. The van der Waals surface area contributed by atoms with Crippen LogP contribution in [0.2, 0.25) is 0 Å². The number of methoxy groups -OCH3 is 1. The maximum absolute atomic E-state index is 12.4. The largest absolute Gasteiger partial charge is 0.507 e. The highest BCUT2D eigenvalue weighted by molar-refractivity contribution is 6.05. The van der Waals surface area contributed by atoms with Gasteiger partial charge in [0.2, 0.25) is 0 Å². The van der Waals surface area contributed by atoms with Gasteiger partial charge in [0.15, 0.2) is 6.29 Å². The normalized spacial score (nSPS) is 25.8. The van der Waals surface area contributed by atoms with Gasteiger partial charge >= 0.3 is 5.97 Å². The fourth-order valence-electron chi connectivity index (χ4n) is 3.98. The van der Waals surface area contributed by atoms with E-state index < -0.39 is 48.9 Å². The summed E-state index contributed by atoms with van der Waals surface area (Å²) in [5, 5.41) is 61.8. The molecule has 0 radical (unpaired) electrons. The molecule has 0 unspecified atom stereocenters. The van der Waals surface area contributed by atoms with Gasteiger partial charge in [-0.15, -0.1) is 0 Å². The van der Waals surface area contributed by atoms with Crippen LogP contribution in [0.15, 0.2) is 24.3 Å². The molecule has 0 amide bonds. The lowest BCUT2D eigenvalue weighted by Crippen LogP contribution is -2.60. The van der Waals surface area contributed by atoms with Crippen LogP contribution < -0.4 is 0 Å². The molecular weight excluding hydrogens is 436 g/mol. The predicted octanol–water partition coefficient (Wildman–Crippen LogP) is 0.565.